The lowest BCUT2D eigenvalue weighted by atomic mass is 10.1. The molecule has 5 rings (SSSR count). The van der Waals surface area contributed by atoms with Crippen molar-refractivity contribution in [2.75, 3.05) is 25.1 Å². The number of ether oxygens (including phenoxy) is 3. The van der Waals surface area contributed by atoms with Gasteiger partial charge in [-0.25, -0.2) is 4.79 Å². The minimum Gasteiger partial charge on any atom is -0.490 e. The van der Waals surface area contributed by atoms with Crippen molar-refractivity contribution in [2.45, 2.75) is 31.9 Å². The average Bonchev–Trinajstić information content (AvgIpc) is 3.76. The number of rotatable bonds is 9. The van der Waals surface area contributed by atoms with Gasteiger partial charge in [0.15, 0.2) is 0 Å². The number of urea groups is 1. The number of benzene rings is 2. The molecule has 1 aliphatic heterocycles. The molecule has 1 atom stereocenters. The number of hydrogen-bond donors (Lipinski definition) is 3. The van der Waals surface area contributed by atoms with E-state index in [9.17, 15) is 9.59 Å². The molecule has 3 N–H and O–H groups in total. The first-order valence-corrected chi connectivity index (χ1v) is 11.9. The quantitative estimate of drug-likeness (QED) is 0.376. The molecule has 1 aliphatic carbocycles. The summed E-state index contributed by atoms with van der Waals surface area (Å²) in [6, 6.07) is 10.1. The Labute approximate surface area is 207 Å². The summed E-state index contributed by atoms with van der Waals surface area (Å²) in [6.45, 7) is 3.36. The summed E-state index contributed by atoms with van der Waals surface area (Å²) < 4.78 is 17.2. The lowest BCUT2D eigenvalue weighted by molar-refractivity contribution is 0.0951. The fourth-order valence-corrected chi connectivity index (χ4v) is 3.71. The number of epoxide rings is 1. The smallest absolute Gasteiger partial charge is 0.319 e. The molecule has 182 valence electrons. The second-order valence-electron chi connectivity index (χ2n) is 8.42. The highest BCUT2D eigenvalue weighted by molar-refractivity contribution is 6.33. The van der Waals surface area contributed by atoms with Crippen LogP contribution in [-0.4, -0.2) is 48.8 Å². The normalized spacial score (nSPS) is 16.5. The molecule has 1 saturated carbocycles. The molecular weight excluding hydrogens is 472 g/mol. The van der Waals surface area contributed by atoms with Crippen molar-refractivity contribution in [1.82, 2.24) is 15.6 Å². The Bertz CT molecular complexity index is 1280. The number of hydrogen-bond acceptors (Lipinski definition) is 6. The van der Waals surface area contributed by atoms with E-state index in [-0.39, 0.29) is 24.1 Å². The Morgan fingerprint density at radius 1 is 1.17 bits per heavy atom. The summed E-state index contributed by atoms with van der Waals surface area (Å²) in [4.78, 5) is 29.2. The van der Waals surface area contributed by atoms with E-state index in [4.69, 9.17) is 25.8 Å². The molecule has 2 heterocycles. The first kappa shape index (κ1) is 23.2. The van der Waals surface area contributed by atoms with Crippen molar-refractivity contribution in [3.05, 3.63) is 53.2 Å². The largest absolute Gasteiger partial charge is 0.490 e. The van der Waals surface area contributed by atoms with Gasteiger partial charge in [0.1, 0.15) is 30.0 Å². The molecule has 1 saturated heterocycles. The highest BCUT2D eigenvalue weighted by atomic mass is 35.5. The van der Waals surface area contributed by atoms with Crippen LogP contribution in [0.25, 0.3) is 10.9 Å². The first-order chi connectivity index (χ1) is 17.0. The van der Waals surface area contributed by atoms with Crippen molar-refractivity contribution >= 4 is 40.1 Å². The van der Waals surface area contributed by atoms with E-state index in [0.717, 1.165) is 12.8 Å². The van der Waals surface area contributed by atoms with Gasteiger partial charge in [0, 0.05) is 36.3 Å². The van der Waals surface area contributed by atoms with Crippen molar-refractivity contribution in [1.29, 1.82) is 0 Å². The Morgan fingerprint density at radius 3 is 2.71 bits per heavy atom. The highest BCUT2D eigenvalue weighted by Crippen LogP contribution is 2.35. The van der Waals surface area contributed by atoms with Crippen molar-refractivity contribution < 1.29 is 23.8 Å². The standard InChI is InChI=1S/C25H25ClN4O5/c1-2-27-24(31)18-10-17-21(11-23(18)34-13-16-12-33-16)28-8-7-22(17)35-15-5-6-20(19(26)9-15)30-25(32)29-14-3-4-14/h5-11,14,16H,2-4,12-13H2,1H3,(H,27,31)(H2,29,30,32). The van der Waals surface area contributed by atoms with Crippen LogP contribution in [0.15, 0.2) is 42.6 Å². The van der Waals surface area contributed by atoms with Crippen LogP contribution in [0.2, 0.25) is 5.02 Å². The molecule has 35 heavy (non-hydrogen) atoms. The van der Waals surface area contributed by atoms with E-state index in [2.05, 4.69) is 20.9 Å². The van der Waals surface area contributed by atoms with Gasteiger partial charge < -0.3 is 30.2 Å². The molecule has 3 amide bonds. The van der Waals surface area contributed by atoms with Crippen molar-refractivity contribution in [3.8, 4) is 17.2 Å². The molecule has 2 aliphatic rings. The zero-order chi connectivity index (χ0) is 24.4. The maximum Gasteiger partial charge on any atom is 0.319 e. The molecule has 9 nitrogen and oxygen atoms in total. The van der Waals surface area contributed by atoms with Gasteiger partial charge in [0.05, 0.1) is 28.4 Å². The number of halogens is 1. The van der Waals surface area contributed by atoms with Crippen LogP contribution in [0.4, 0.5) is 10.5 Å². The predicted octanol–water partition coefficient (Wildman–Crippen LogP) is 4.49. The molecule has 2 aromatic carbocycles. The zero-order valence-electron chi connectivity index (χ0n) is 19.1. The SMILES string of the molecule is CCNC(=O)c1cc2c(Oc3ccc(NC(=O)NC4CC4)c(Cl)c3)ccnc2cc1OCC1CO1. The van der Waals surface area contributed by atoms with E-state index in [1.165, 1.54) is 0 Å². The summed E-state index contributed by atoms with van der Waals surface area (Å²) in [7, 11) is 0. The third kappa shape index (κ3) is 5.75. The fraction of sp³-hybridized carbons (Fsp3) is 0.320. The number of anilines is 1. The molecule has 0 bridgehead atoms. The Kier molecular flexibility index (Phi) is 6.61. The van der Waals surface area contributed by atoms with Gasteiger partial charge in [-0.05, 0) is 44.0 Å². The Hall–Kier alpha value is -3.56. The maximum absolute atomic E-state index is 12.7. The summed E-state index contributed by atoms with van der Waals surface area (Å²) >= 11 is 6.38. The summed E-state index contributed by atoms with van der Waals surface area (Å²) in [5.74, 6) is 1.16. The van der Waals surface area contributed by atoms with Crippen LogP contribution < -0.4 is 25.4 Å². The zero-order valence-corrected chi connectivity index (χ0v) is 19.9. The van der Waals surface area contributed by atoms with Crippen molar-refractivity contribution in [2.24, 2.45) is 0 Å². The number of nitrogens with one attached hydrogen (secondary N) is 3. The Morgan fingerprint density at radius 2 is 2.00 bits per heavy atom. The third-order valence-electron chi connectivity index (χ3n) is 5.54. The second-order valence-corrected chi connectivity index (χ2v) is 8.82. The van der Waals surface area contributed by atoms with E-state index in [1.807, 2.05) is 6.92 Å². The van der Waals surface area contributed by atoms with Crippen LogP contribution in [0, 0.1) is 0 Å². The van der Waals surface area contributed by atoms with Gasteiger partial charge in [-0.1, -0.05) is 11.6 Å². The van der Waals surface area contributed by atoms with Gasteiger partial charge in [-0.15, -0.1) is 0 Å². The molecule has 1 aromatic heterocycles. The van der Waals surface area contributed by atoms with Gasteiger partial charge >= 0.3 is 6.03 Å². The highest BCUT2D eigenvalue weighted by Gasteiger charge is 2.25. The van der Waals surface area contributed by atoms with Crippen LogP contribution in [0.3, 0.4) is 0 Å². The lowest BCUT2D eigenvalue weighted by Gasteiger charge is -2.15. The van der Waals surface area contributed by atoms with Gasteiger partial charge in [-0.2, -0.15) is 0 Å². The second kappa shape index (κ2) is 9.97. The minimum atomic E-state index is -0.285. The maximum atomic E-state index is 12.7. The predicted molar refractivity (Wildman–Crippen MR) is 132 cm³/mol. The van der Waals surface area contributed by atoms with E-state index in [1.54, 1.807) is 42.6 Å². The number of pyridine rings is 1. The van der Waals surface area contributed by atoms with Gasteiger partial charge in [0.25, 0.3) is 5.91 Å². The lowest BCUT2D eigenvalue weighted by Crippen LogP contribution is -2.30. The van der Waals surface area contributed by atoms with Crippen LogP contribution in [0.5, 0.6) is 17.2 Å². The van der Waals surface area contributed by atoms with E-state index >= 15 is 0 Å². The molecule has 3 aromatic rings. The number of nitrogens with zero attached hydrogens (tertiary/aromatic N) is 1. The van der Waals surface area contributed by atoms with E-state index < -0.39 is 0 Å². The monoisotopic (exact) mass is 496 g/mol. The molecule has 1 unspecified atom stereocenters. The van der Waals surface area contributed by atoms with Crippen molar-refractivity contribution in [3.63, 3.8) is 0 Å². The van der Waals surface area contributed by atoms with Crippen LogP contribution >= 0.6 is 11.6 Å². The number of amides is 3. The van der Waals surface area contributed by atoms with Gasteiger partial charge in [-0.3, -0.25) is 9.78 Å². The molecule has 2 fully saturated rings. The molecule has 0 spiro atoms. The summed E-state index contributed by atoms with van der Waals surface area (Å²) in [5.41, 5.74) is 1.48. The topological polar surface area (TPSA) is 114 Å². The number of carbonyl (C=O) groups excluding carboxylic acids is 2. The van der Waals surface area contributed by atoms with Gasteiger partial charge in [0.2, 0.25) is 0 Å². The fourth-order valence-electron chi connectivity index (χ4n) is 3.50. The molecule has 0 radical (unpaired) electrons. The van der Waals surface area contributed by atoms with Crippen LogP contribution in [-0.2, 0) is 4.74 Å². The van der Waals surface area contributed by atoms with E-state index in [0.29, 0.717) is 64.2 Å². The van der Waals surface area contributed by atoms with Crippen LogP contribution in [0.1, 0.15) is 30.1 Å². The number of fused-ring (bicyclic) bond motifs is 1. The third-order valence-corrected chi connectivity index (χ3v) is 5.85. The minimum absolute atomic E-state index is 0.0531. The molecule has 10 heteroatoms. The summed E-state index contributed by atoms with van der Waals surface area (Å²) in [6.07, 6.45) is 3.67. The average molecular weight is 497 g/mol. The summed E-state index contributed by atoms with van der Waals surface area (Å²) in [5, 5.41) is 9.40. The Balaban J connectivity index is 1.40. The molecular formula is C25H25ClN4O5. The first-order valence-electron chi connectivity index (χ1n) is 11.5. The number of carbonyl (C=O) groups is 2. The number of aromatic nitrogens is 1.